The molecular weight excluding hydrogens is 216 g/mol. The van der Waals surface area contributed by atoms with Crippen LogP contribution >= 0.6 is 0 Å². The van der Waals surface area contributed by atoms with E-state index >= 15 is 0 Å². The van der Waals surface area contributed by atoms with Gasteiger partial charge in [-0.25, -0.2) is 0 Å². The van der Waals surface area contributed by atoms with Crippen molar-refractivity contribution in [1.29, 1.82) is 0 Å². The normalized spacial score (nSPS) is 27.8. The molecule has 1 aliphatic rings. The third kappa shape index (κ3) is 5.04. The highest BCUT2D eigenvalue weighted by atomic mass is 16.5. The number of carbonyl (C=O) groups is 1. The lowest BCUT2D eigenvalue weighted by Crippen LogP contribution is -2.41. The molecule has 3 N–H and O–H groups in total. The highest BCUT2D eigenvalue weighted by molar-refractivity contribution is 5.80. The molecule has 1 fully saturated rings. The monoisotopic (exact) mass is 242 g/mol. The minimum Gasteiger partial charge on any atom is -0.365 e. The average Bonchev–Trinajstić information content (AvgIpc) is 2.64. The van der Waals surface area contributed by atoms with E-state index in [4.69, 9.17) is 10.5 Å². The average molecular weight is 242 g/mol. The molecule has 4 unspecified atom stereocenters. The largest absolute Gasteiger partial charge is 0.365 e. The number of hydrogen-bond donors (Lipinski definition) is 2. The van der Waals surface area contributed by atoms with Crippen molar-refractivity contribution in [1.82, 2.24) is 5.32 Å². The summed E-state index contributed by atoms with van der Waals surface area (Å²) in [5.41, 5.74) is 5.82. The summed E-state index contributed by atoms with van der Waals surface area (Å²) < 4.78 is 5.73. The number of ether oxygens (including phenoxy) is 1. The fraction of sp³-hybridized carbons (Fsp3) is 0.923. The predicted molar refractivity (Wildman–Crippen MR) is 68.7 cm³/mol. The van der Waals surface area contributed by atoms with Gasteiger partial charge in [-0.1, -0.05) is 13.3 Å². The van der Waals surface area contributed by atoms with Gasteiger partial charge in [0.1, 0.15) is 6.10 Å². The van der Waals surface area contributed by atoms with Crippen molar-refractivity contribution in [2.45, 2.75) is 77.2 Å². The molecule has 0 radical (unpaired) electrons. The first kappa shape index (κ1) is 14.5. The van der Waals surface area contributed by atoms with Gasteiger partial charge < -0.3 is 15.8 Å². The van der Waals surface area contributed by atoms with E-state index < -0.39 is 0 Å². The summed E-state index contributed by atoms with van der Waals surface area (Å²) in [6, 6.07) is 0.471. The molecule has 0 saturated heterocycles. The van der Waals surface area contributed by atoms with Crippen molar-refractivity contribution >= 4 is 5.91 Å². The molecule has 0 aromatic carbocycles. The molecule has 0 bridgehead atoms. The van der Waals surface area contributed by atoms with Crippen LogP contribution in [0.15, 0.2) is 0 Å². The van der Waals surface area contributed by atoms with Crippen LogP contribution in [0.3, 0.4) is 0 Å². The molecule has 0 aromatic heterocycles. The molecule has 1 rings (SSSR count). The van der Waals surface area contributed by atoms with E-state index in [1.54, 1.807) is 0 Å². The zero-order valence-electron chi connectivity index (χ0n) is 11.2. The van der Waals surface area contributed by atoms with Crippen LogP contribution in [0.5, 0.6) is 0 Å². The summed E-state index contributed by atoms with van der Waals surface area (Å²) in [6.07, 6.45) is 4.73. The van der Waals surface area contributed by atoms with Gasteiger partial charge in [-0.15, -0.1) is 0 Å². The number of amides is 1. The molecular formula is C13H26N2O2. The van der Waals surface area contributed by atoms with Gasteiger partial charge in [-0.05, 0) is 39.5 Å². The maximum atomic E-state index is 11.8. The first-order chi connectivity index (χ1) is 8.02. The molecule has 1 amide bonds. The zero-order chi connectivity index (χ0) is 12.8. The van der Waals surface area contributed by atoms with Crippen LogP contribution in [0.1, 0.15) is 52.9 Å². The van der Waals surface area contributed by atoms with E-state index in [2.05, 4.69) is 12.2 Å². The minimum absolute atomic E-state index is 0.00794. The molecule has 1 saturated carbocycles. The van der Waals surface area contributed by atoms with Crippen molar-refractivity contribution in [3.8, 4) is 0 Å². The summed E-state index contributed by atoms with van der Waals surface area (Å²) in [5, 5.41) is 2.97. The van der Waals surface area contributed by atoms with Gasteiger partial charge in [0.25, 0.3) is 0 Å². The summed E-state index contributed by atoms with van der Waals surface area (Å²) in [5.74, 6) is -0.00794. The Hall–Kier alpha value is -0.610. The van der Waals surface area contributed by atoms with E-state index in [0.29, 0.717) is 0 Å². The smallest absolute Gasteiger partial charge is 0.249 e. The van der Waals surface area contributed by atoms with Crippen LogP contribution in [0.25, 0.3) is 0 Å². The fourth-order valence-electron chi connectivity index (χ4n) is 2.31. The fourth-order valence-corrected chi connectivity index (χ4v) is 2.31. The van der Waals surface area contributed by atoms with Gasteiger partial charge in [-0.3, -0.25) is 4.79 Å². The Labute approximate surface area is 104 Å². The quantitative estimate of drug-likeness (QED) is 0.743. The molecule has 0 aliphatic heterocycles. The van der Waals surface area contributed by atoms with Crippen molar-refractivity contribution < 1.29 is 9.53 Å². The second-order valence-corrected chi connectivity index (χ2v) is 5.17. The zero-order valence-corrected chi connectivity index (χ0v) is 11.2. The van der Waals surface area contributed by atoms with E-state index in [0.717, 1.165) is 32.1 Å². The second kappa shape index (κ2) is 6.97. The van der Waals surface area contributed by atoms with Crippen LogP contribution in [0.4, 0.5) is 0 Å². The molecule has 4 nitrogen and oxygen atoms in total. The van der Waals surface area contributed by atoms with Gasteiger partial charge in [-0.2, -0.15) is 0 Å². The molecule has 4 atom stereocenters. The maximum Gasteiger partial charge on any atom is 0.249 e. The van der Waals surface area contributed by atoms with Crippen LogP contribution < -0.4 is 11.1 Å². The lowest BCUT2D eigenvalue weighted by atomic mass is 10.2. The van der Waals surface area contributed by atoms with E-state index in [9.17, 15) is 4.79 Å². The van der Waals surface area contributed by atoms with Crippen molar-refractivity contribution in [2.75, 3.05) is 0 Å². The van der Waals surface area contributed by atoms with Crippen LogP contribution in [0, 0.1) is 0 Å². The van der Waals surface area contributed by atoms with E-state index in [1.807, 2.05) is 13.8 Å². The number of nitrogens with two attached hydrogens (primary N) is 1. The topological polar surface area (TPSA) is 64.3 Å². The third-order valence-electron chi connectivity index (χ3n) is 3.30. The third-order valence-corrected chi connectivity index (χ3v) is 3.30. The molecule has 1 aliphatic carbocycles. The number of hydrogen-bond acceptors (Lipinski definition) is 3. The molecule has 0 heterocycles. The highest BCUT2D eigenvalue weighted by Gasteiger charge is 2.26. The van der Waals surface area contributed by atoms with Gasteiger partial charge in [0, 0.05) is 12.1 Å². The second-order valence-electron chi connectivity index (χ2n) is 5.17. The Bertz CT molecular complexity index is 246. The standard InChI is InChI=1S/C13H26N2O2/c1-4-5-9(2)15-13(16)10(3)17-12-7-6-11(14)8-12/h9-12H,4-8,14H2,1-3H3,(H,15,16). The first-order valence-corrected chi connectivity index (χ1v) is 6.74. The predicted octanol–water partition coefficient (Wildman–Crippen LogP) is 1.58. The van der Waals surface area contributed by atoms with Crippen molar-refractivity contribution in [3.63, 3.8) is 0 Å². The SMILES string of the molecule is CCCC(C)NC(=O)C(C)OC1CCC(N)C1. The molecule has 17 heavy (non-hydrogen) atoms. The minimum atomic E-state index is -0.371. The van der Waals surface area contributed by atoms with Gasteiger partial charge >= 0.3 is 0 Å². The summed E-state index contributed by atoms with van der Waals surface area (Å²) in [7, 11) is 0. The lowest BCUT2D eigenvalue weighted by Gasteiger charge is -2.20. The Kier molecular flexibility index (Phi) is 5.92. The highest BCUT2D eigenvalue weighted by Crippen LogP contribution is 2.21. The molecule has 100 valence electrons. The van der Waals surface area contributed by atoms with E-state index in [1.165, 1.54) is 0 Å². The Morgan fingerprint density at radius 3 is 2.71 bits per heavy atom. The van der Waals surface area contributed by atoms with Gasteiger partial charge in [0.15, 0.2) is 0 Å². The lowest BCUT2D eigenvalue weighted by molar-refractivity contribution is -0.135. The summed E-state index contributed by atoms with van der Waals surface area (Å²) in [4.78, 5) is 11.8. The summed E-state index contributed by atoms with van der Waals surface area (Å²) >= 11 is 0. The molecule has 0 spiro atoms. The summed E-state index contributed by atoms with van der Waals surface area (Å²) in [6.45, 7) is 5.96. The molecule has 0 aromatic rings. The number of carbonyl (C=O) groups excluding carboxylic acids is 1. The first-order valence-electron chi connectivity index (χ1n) is 6.74. The Morgan fingerprint density at radius 2 is 2.18 bits per heavy atom. The molecule has 4 heteroatoms. The van der Waals surface area contributed by atoms with Crippen molar-refractivity contribution in [2.24, 2.45) is 5.73 Å². The number of rotatable bonds is 6. The van der Waals surface area contributed by atoms with E-state index in [-0.39, 0.29) is 30.2 Å². The Balaban J connectivity index is 2.26. The van der Waals surface area contributed by atoms with Gasteiger partial charge in [0.05, 0.1) is 6.10 Å². The Morgan fingerprint density at radius 1 is 1.47 bits per heavy atom. The number of nitrogens with one attached hydrogen (secondary N) is 1. The maximum absolute atomic E-state index is 11.8. The van der Waals surface area contributed by atoms with Crippen LogP contribution in [-0.4, -0.2) is 30.2 Å². The van der Waals surface area contributed by atoms with Crippen LogP contribution in [0.2, 0.25) is 0 Å². The van der Waals surface area contributed by atoms with Gasteiger partial charge in [0.2, 0.25) is 5.91 Å². The van der Waals surface area contributed by atoms with Crippen molar-refractivity contribution in [3.05, 3.63) is 0 Å². The van der Waals surface area contributed by atoms with Crippen LogP contribution in [-0.2, 0) is 9.53 Å².